The molecule has 0 radical (unpaired) electrons. The van der Waals surface area contributed by atoms with E-state index < -0.39 is 17.7 Å². The number of nitrogens with one attached hydrogen (secondary N) is 1. The van der Waals surface area contributed by atoms with Crippen molar-refractivity contribution in [1.29, 1.82) is 5.26 Å². The van der Waals surface area contributed by atoms with Gasteiger partial charge < -0.3 is 15.3 Å². The van der Waals surface area contributed by atoms with Gasteiger partial charge in [0, 0.05) is 24.4 Å². The zero-order valence-corrected chi connectivity index (χ0v) is 15.9. The first kappa shape index (κ1) is 18.4. The first-order valence-electron chi connectivity index (χ1n) is 9.17. The van der Waals surface area contributed by atoms with Crippen LogP contribution in [0.2, 0.25) is 0 Å². The van der Waals surface area contributed by atoms with Gasteiger partial charge in [0.25, 0.3) is 5.91 Å². The van der Waals surface area contributed by atoms with E-state index in [-0.39, 0.29) is 11.8 Å². The summed E-state index contributed by atoms with van der Waals surface area (Å²) >= 11 is 1.43. The molecule has 0 spiro atoms. The number of hydrogen-bond acceptors (Lipinski definition) is 6. The first-order valence-corrected chi connectivity index (χ1v) is 10.1. The predicted molar refractivity (Wildman–Crippen MR) is 99.7 cm³/mol. The molecule has 2 aliphatic rings. The number of carbonyl (C=O) groups excluding carboxylic acids is 1. The molecule has 2 amide bonds. The summed E-state index contributed by atoms with van der Waals surface area (Å²) in [4.78, 5) is 25.5. The largest absolute Gasteiger partial charge is 0.465 e. The molecule has 2 N–H and O–H groups in total. The lowest BCUT2D eigenvalue weighted by atomic mass is 9.89. The lowest BCUT2D eigenvalue weighted by Gasteiger charge is -2.35. The third-order valence-corrected chi connectivity index (χ3v) is 6.15. The van der Waals surface area contributed by atoms with Crippen molar-refractivity contribution in [2.24, 2.45) is 5.92 Å². The Morgan fingerprint density at radius 3 is 2.93 bits per heavy atom. The Kier molecular flexibility index (Phi) is 4.77. The van der Waals surface area contributed by atoms with Crippen molar-refractivity contribution in [3.63, 3.8) is 0 Å². The lowest BCUT2D eigenvalue weighted by molar-refractivity contribution is 0.0869. The predicted octanol–water partition coefficient (Wildman–Crippen LogP) is 2.21. The summed E-state index contributed by atoms with van der Waals surface area (Å²) < 4.78 is 1.57. The Labute approximate surface area is 165 Å². The van der Waals surface area contributed by atoms with Crippen LogP contribution in [0.4, 0.5) is 4.79 Å². The van der Waals surface area contributed by atoms with Crippen molar-refractivity contribution in [2.45, 2.75) is 37.3 Å². The summed E-state index contributed by atoms with van der Waals surface area (Å²) in [5.41, 5.74) is 0.485. The van der Waals surface area contributed by atoms with Crippen molar-refractivity contribution >= 4 is 23.3 Å². The van der Waals surface area contributed by atoms with Crippen LogP contribution in [-0.2, 0) is 5.54 Å². The number of amides is 2. The molecule has 0 bridgehead atoms. The number of carbonyl (C=O) groups is 2. The molecule has 2 aromatic rings. The minimum Gasteiger partial charge on any atom is -0.465 e. The molecule has 2 aromatic heterocycles. The molecule has 0 aromatic carbocycles. The second kappa shape index (κ2) is 7.24. The van der Waals surface area contributed by atoms with Crippen LogP contribution in [0.15, 0.2) is 23.0 Å². The van der Waals surface area contributed by atoms with Gasteiger partial charge in [-0.05, 0) is 37.1 Å². The molecule has 28 heavy (non-hydrogen) atoms. The van der Waals surface area contributed by atoms with E-state index >= 15 is 0 Å². The molecule has 1 aliphatic heterocycles. The third-order valence-electron chi connectivity index (χ3n) is 5.47. The number of hydrogen-bond donors (Lipinski definition) is 2. The third kappa shape index (κ3) is 3.45. The van der Waals surface area contributed by atoms with Crippen molar-refractivity contribution in [2.75, 3.05) is 13.1 Å². The molecule has 2 atom stereocenters. The van der Waals surface area contributed by atoms with Crippen molar-refractivity contribution in [1.82, 2.24) is 25.2 Å². The highest BCUT2D eigenvalue weighted by molar-refractivity contribution is 7.08. The van der Waals surface area contributed by atoms with Crippen LogP contribution in [0.25, 0.3) is 0 Å². The number of carboxylic acid groups (broad SMARTS) is 1. The summed E-state index contributed by atoms with van der Waals surface area (Å²) in [5.74, 6) is -0.343. The Bertz CT molecular complexity index is 914. The summed E-state index contributed by atoms with van der Waals surface area (Å²) in [5, 5.41) is 33.7. The maximum atomic E-state index is 12.7. The second-order valence-electron chi connectivity index (χ2n) is 7.33. The SMILES string of the molecule is N#CC1(n2cc([C@@H](NC(=O)c3ccsc3)C3CCCN(C(=O)O)C3)nn2)CC1. The Morgan fingerprint density at radius 2 is 2.29 bits per heavy atom. The molecule has 1 saturated carbocycles. The maximum absolute atomic E-state index is 12.7. The summed E-state index contributed by atoms with van der Waals surface area (Å²) in [6.07, 6.45) is 3.71. The van der Waals surface area contributed by atoms with Crippen LogP contribution in [0, 0.1) is 17.2 Å². The van der Waals surface area contributed by atoms with Gasteiger partial charge in [-0.2, -0.15) is 16.6 Å². The highest BCUT2D eigenvalue weighted by Crippen LogP contribution is 2.42. The molecular weight excluding hydrogens is 380 g/mol. The molecule has 1 unspecified atom stereocenters. The standard InChI is InChI=1S/C18H20N6O3S/c19-11-18(4-5-18)24-9-14(21-22-24)15(20-16(25)13-3-7-28-10-13)12-2-1-6-23(8-12)17(26)27/h3,7,9-10,12,15H,1-2,4-6,8H2,(H,20,25)(H,26,27)/t12?,15-/m0/s1. The number of aromatic nitrogens is 3. The van der Waals surface area contributed by atoms with E-state index in [2.05, 4.69) is 21.7 Å². The monoisotopic (exact) mass is 400 g/mol. The number of thiophene rings is 1. The van der Waals surface area contributed by atoms with Crippen LogP contribution in [-0.4, -0.2) is 50.1 Å². The van der Waals surface area contributed by atoms with Crippen molar-refractivity contribution in [3.05, 3.63) is 34.3 Å². The molecule has 4 rings (SSSR count). The number of piperidine rings is 1. The summed E-state index contributed by atoms with van der Waals surface area (Å²) in [6, 6.07) is 3.54. The molecule has 1 aliphatic carbocycles. The molecule has 146 valence electrons. The quantitative estimate of drug-likeness (QED) is 0.793. The van der Waals surface area contributed by atoms with Gasteiger partial charge in [-0.3, -0.25) is 4.79 Å². The summed E-state index contributed by atoms with van der Waals surface area (Å²) in [7, 11) is 0. The minimum absolute atomic E-state index is 0.116. The number of nitriles is 1. The Balaban J connectivity index is 1.61. The van der Waals surface area contributed by atoms with E-state index in [0.717, 1.165) is 25.7 Å². The zero-order valence-electron chi connectivity index (χ0n) is 15.1. The van der Waals surface area contributed by atoms with Crippen molar-refractivity contribution in [3.8, 4) is 6.07 Å². The Hall–Kier alpha value is -2.93. The van der Waals surface area contributed by atoms with Gasteiger partial charge in [-0.1, -0.05) is 5.21 Å². The fraction of sp³-hybridized carbons (Fsp3) is 0.500. The molecule has 9 nitrogen and oxygen atoms in total. The van der Waals surface area contributed by atoms with Gasteiger partial charge in [-0.15, -0.1) is 5.10 Å². The minimum atomic E-state index is -0.960. The number of nitrogens with zero attached hydrogens (tertiary/aromatic N) is 5. The molecule has 1 saturated heterocycles. The van der Waals surface area contributed by atoms with Crippen LogP contribution in [0.1, 0.15) is 47.8 Å². The number of rotatable bonds is 5. The molecule has 10 heteroatoms. The molecule has 2 fully saturated rings. The van der Waals surface area contributed by atoms with Crippen LogP contribution in [0.3, 0.4) is 0 Å². The van der Waals surface area contributed by atoms with Gasteiger partial charge in [0.15, 0.2) is 5.54 Å². The van der Waals surface area contributed by atoms with Gasteiger partial charge in [0.2, 0.25) is 0 Å². The fourth-order valence-corrected chi connectivity index (χ4v) is 4.28. The van der Waals surface area contributed by atoms with E-state index in [9.17, 15) is 20.0 Å². The highest BCUT2D eigenvalue weighted by atomic mass is 32.1. The Morgan fingerprint density at radius 1 is 1.46 bits per heavy atom. The van der Waals surface area contributed by atoms with Gasteiger partial charge in [0.1, 0.15) is 5.69 Å². The van der Waals surface area contributed by atoms with E-state index in [4.69, 9.17) is 0 Å². The van der Waals surface area contributed by atoms with E-state index in [1.807, 2.05) is 5.38 Å². The van der Waals surface area contributed by atoms with Gasteiger partial charge >= 0.3 is 6.09 Å². The van der Waals surface area contributed by atoms with E-state index in [0.29, 0.717) is 24.3 Å². The van der Waals surface area contributed by atoms with Crippen LogP contribution >= 0.6 is 11.3 Å². The lowest BCUT2D eigenvalue weighted by Crippen LogP contribution is -2.45. The smallest absolute Gasteiger partial charge is 0.407 e. The maximum Gasteiger partial charge on any atom is 0.407 e. The average molecular weight is 400 g/mol. The normalized spacial score (nSPS) is 21.5. The van der Waals surface area contributed by atoms with Crippen LogP contribution < -0.4 is 5.32 Å². The first-order chi connectivity index (χ1) is 13.5. The topological polar surface area (TPSA) is 124 Å². The number of likely N-dealkylation sites (tertiary alicyclic amines) is 1. The van der Waals surface area contributed by atoms with E-state index in [1.54, 1.807) is 22.3 Å². The molecule has 3 heterocycles. The zero-order chi connectivity index (χ0) is 19.7. The van der Waals surface area contributed by atoms with Gasteiger partial charge in [-0.25, -0.2) is 9.48 Å². The fourth-order valence-electron chi connectivity index (χ4n) is 3.65. The second-order valence-corrected chi connectivity index (χ2v) is 8.11. The van der Waals surface area contributed by atoms with Gasteiger partial charge in [0.05, 0.1) is 23.9 Å². The van der Waals surface area contributed by atoms with E-state index in [1.165, 1.54) is 16.2 Å². The van der Waals surface area contributed by atoms with Crippen LogP contribution in [0.5, 0.6) is 0 Å². The highest BCUT2D eigenvalue weighted by Gasteiger charge is 2.47. The van der Waals surface area contributed by atoms with Crippen molar-refractivity contribution < 1.29 is 14.7 Å². The average Bonchev–Trinajstić information content (AvgIpc) is 3.11. The molecular formula is C18H20N6O3S. The summed E-state index contributed by atoms with van der Waals surface area (Å²) in [6.45, 7) is 0.807.